The van der Waals surface area contributed by atoms with Crippen LogP contribution in [0.3, 0.4) is 0 Å². The van der Waals surface area contributed by atoms with Crippen LogP contribution in [0.15, 0.2) is 215 Å². The molecule has 0 saturated heterocycles. The second-order valence-electron chi connectivity index (χ2n) is 18.5. The van der Waals surface area contributed by atoms with Crippen molar-refractivity contribution in [1.29, 1.82) is 0 Å². The molecule has 1 unspecified atom stereocenters. The minimum Gasteiger partial charge on any atom is -0.456 e. The highest BCUT2D eigenvalue weighted by Crippen LogP contribution is 2.43. The van der Waals surface area contributed by atoms with Gasteiger partial charge in [0.1, 0.15) is 11.2 Å². The van der Waals surface area contributed by atoms with Crippen molar-refractivity contribution in [3.63, 3.8) is 0 Å². The van der Waals surface area contributed by atoms with Crippen molar-refractivity contribution >= 4 is 146 Å². The summed E-state index contributed by atoms with van der Waals surface area (Å²) in [6.07, 6.45) is 3.09. The van der Waals surface area contributed by atoms with E-state index in [0.717, 1.165) is 73.2 Å². The summed E-state index contributed by atoms with van der Waals surface area (Å²) in [5.74, 6) is 0.705. The number of para-hydroxylation sites is 1. The molecule has 14 aromatic rings. The first-order valence-electron chi connectivity index (χ1n) is 23.6. The monoisotopic (exact) mass is 917 g/mol. The number of allylic oxidation sites excluding steroid dienone is 1. The highest BCUT2D eigenvalue weighted by atomic mass is 32.1. The maximum Gasteiger partial charge on any atom is 0.160 e. The van der Waals surface area contributed by atoms with Crippen molar-refractivity contribution in [2.45, 2.75) is 13.3 Å². The number of furan rings is 1. The molecule has 4 nitrogen and oxygen atoms in total. The number of hydrogen-bond donors (Lipinski definition) is 0. The minimum atomic E-state index is 0.00994. The zero-order valence-electron chi connectivity index (χ0n) is 37.4. The van der Waals surface area contributed by atoms with Crippen molar-refractivity contribution < 1.29 is 4.42 Å². The molecule has 15 rings (SSSR count). The number of benzene rings is 10. The van der Waals surface area contributed by atoms with Crippen LogP contribution in [-0.4, -0.2) is 16.1 Å². The van der Waals surface area contributed by atoms with Gasteiger partial charge in [-0.1, -0.05) is 140 Å². The smallest absolute Gasteiger partial charge is 0.160 e. The first-order chi connectivity index (χ1) is 34.1. The Morgan fingerprint density at radius 2 is 0.986 bits per heavy atom. The molecule has 0 N–H and O–H groups in total. The summed E-state index contributed by atoms with van der Waals surface area (Å²) >= 11 is 3.67. The summed E-state index contributed by atoms with van der Waals surface area (Å²) < 4.78 is 14.3. The maximum absolute atomic E-state index is 6.75. The third kappa shape index (κ3) is 6.05. The number of fused-ring (bicyclic) bond motifs is 14. The standard InChI is InChI=1S/C63H39N3OS2/c1-36-22-27-52(41-23-25-46-44-17-7-10-20-58(44)68-60(46)32-41)64-63(42-24-26-47-45-18-8-11-21-59(45)69-61(47)33-42)65-62(36)51-34-50-43-16-6-9-19-56(43)67-57(50)35-55(51)66-53-30-39-14-4-2-12-37(39)28-48(53)49-29-38-13-3-5-15-40(38)31-54(49)66/h2-21,23-36H,22H2,1H3/b52-27+,64-63?,65-62?. The van der Waals surface area contributed by atoms with Crippen LogP contribution in [0.1, 0.15) is 30.0 Å². The number of thiophene rings is 2. The zero-order valence-corrected chi connectivity index (χ0v) is 39.0. The highest BCUT2D eigenvalue weighted by Gasteiger charge is 2.26. The third-order valence-electron chi connectivity index (χ3n) is 14.4. The van der Waals surface area contributed by atoms with Crippen molar-refractivity contribution in [2.24, 2.45) is 15.9 Å². The fourth-order valence-corrected chi connectivity index (χ4v) is 13.3. The molecule has 1 aliphatic rings. The van der Waals surface area contributed by atoms with Gasteiger partial charge >= 0.3 is 0 Å². The van der Waals surface area contributed by atoms with Gasteiger partial charge < -0.3 is 8.98 Å². The van der Waals surface area contributed by atoms with E-state index in [4.69, 9.17) is 14.4 Å². The van der Waals surface area contributed by atoms with Gasteiger partial charge in [-0.3, -0.25) is 0 Å². The highest BCUT2D eigenvalue weighted by molar-refractivity contribution is 7.26. The Labute approximate surface area is 404 Å². The van der Waals surface area contributed by atoms with Crippen LogP contribution in [0.2, 0.25) is 0 Å². The van der Waals surface area contributed by atoms with Gasteiger partial charge in [-0.25, -0.2) is 9.98 Å². The molecule has 324 valence electrons. The average Bonchev–Trinajstić information content (AvgIpc) is 4.14. The van der Waals surface area contributed by atoms with Crippen LogP contribution in [0.4, 0.5) is 0 Å². The normalized spacial score (nSPS) is 15.6. The van der Waals surface area contributed by atoms with Crippen LogP contribution >= 0.6 is 22.7 Å². The van der Waals surface area contributed by atoms with Crippen molar-refractivity contribution in [3.05, 3.63) is 217 Å². The van der Waals surface area contributed by atoms with E-state index in [1.165, 1.54) is 72.7 Å². The number of aromatic nitrogens is 1. The van der Waals surface area contributed by atoms with E-state index in [2.05, 4.69) is 212 Å². The molecule has 10 aromatic carbocycles. The lowest BCUT2D eigenvalue weighted by molar-refractivity contribution is 0.668. The van der Waals surface area contributed by atoms with Gasteiger partial charge in [0.15, 0.2) is 5.84 Å². The summed E-state index contributed by atoms with van der Waals surface area (Å²) in [4.78, 5) is 11.5. The quantitative estimate of drug-likeness (QED) is 0.173. The maximum atomic E-state index is 6.75. The Bertz CT molecular complexity index is 4520. The first-order valence-corrected chi connectivity index (χ1v) is 25.2. The topological polar surface area (TPSA) is 42.8 Å². The second-order valence-corrected chi connectivity index (χ2v) is 20.7. The molecule has 1 aliphatic heterocycles. The lowest BCUT2D eigenvalue weighted by Gasteiger charge is -2.22. The van der Waals surface area contributed by atoms with Crippen LogP contribution in [0.5, 0.6) is 0 Å². The summed E-state index contributed by atoms with van der Waals surface area (Å²) in [6.45, 7) is 2.33. The molecule has 69 heavy (non-hydrogen) atoms. The van der Waals surface area contributed by atoms with Crippen LogP contribution in [-0.2, 0) is 0 Å². The summed E-state index contributed by atoms with van der Waals surface area (Å²) in [7, 11) is 0. The van der Waals surface area contributed by atoms with Crippen molar-refractivity contribution in [3.8, 4) is 5.69 Å². The van der Waals surface area contributed by atoms with Crippen LogP contribution in [0, 0.1) is 5.92 Å². The SMILES string of the molecule is CC1C/C=C(\c2ccc3c(c2)sc2ccccc23)N=C(c2ccc3c(c2)sc2ccccc23)N=C1c1cc2c(cc1-n1c3cc4ccccc4cc3c3cc4ccccc4cc31)oc1ccccc12. The minimum absolute atomic E-state index is 0.00994. The number of rotatable bonds is 4. The first kappa shape index (κ1) is 38.9. The van der Waals surface area contributed by atoms with Crippen LogP contribution in [0.25, 0.3) is 117 Å². The van der Waals surface area contributed by atoms with Crippen molar-refractivity contribution in [2.75, 3.05) is 0 Å². The van der Waals surface area contributed by atoms with Gasteiger partial charge in [0.2, 0.25) is 0 Å². The molecule has 1 atom stereocenters. The van der Waals surface area contributed by atoms with E-state index in [-0.39, 0.29) is 5.92 Å². The van der Waals surface area contributed by atoms with Crippen molar-refractivity contribution in [1.82, 2.24) is 4.57 Å². The number of amidine groups is 1. The second kappa shape index (κ2) is 14.9. The third-order valence-corrected chi connectivity index (χ3v) is 16.7. The molecule has 5 heterocycles. The fourth-order valence-electron chi connectivity index (χ4n) is 11.0. The molecule has 6 heteroatoms. The van der Waals surface area contributed by atoms with Gasteiger partial charge in [0.05, 0.1) is 28.1 Å². The molecule has 0 radical (unpaired) electrons. The summed E-state index contributed by atoms with van der Waals surface area (Å²) in [5, 5.41) is 14.5. The lowest BCUT2D eigenvalue weighted by Crippen LogP contribution is -2.19. The molecule has 0 amide bonds. The number of aliphatic imine (C=N–C) groups is 2. The molecular formula is C63H39N3OS2. The van der Waals surface area contributed by atoms with Gasteiger partial charge in [-0.15, -0.1) is 22.7 Å². The molecule has 0 spiro atoms. The van der Waals surface area contributed by atoms with Crippen LogP contribution < -0.4 is 0 Å². The van der Waals surface area contributed by atoms with Gasteiger partial charge in [-0.05, 0) is 88.6 Å². The largest absolute Gasteiger partial charge is 0.456 e. The Morgan fingerprint density at radius 3 is 1.64 bits per heavy atom. The van der Waals surface area contributed by atoms with E-state index in [1.807, 2.05) is 22.7 Å². The molecule has 0 saturated carbocycles. The molecule has 0 fully saturated rings. The predicted molar refractivity (Wildman–Crippen MR) is 297 cm³/mol. The molecule has 0 bridgehead atoms. The Morgan fingerprint density at radius 1 is 0.449 bits per heavy atom. The number of nitrogens with zero attached hydrogens (tertiary/aromatic N) is 3. The molecule has 4 aromatic heterocycles. The summed E-state index contributed by atoms with van der Waals surface area (Å²) in [5.41, 5.74) is 10.1. The Hall–Kier alpha value is -8.16. The lowest BCUT2D eigenvalue weighted by atomic mass is 9.91. The number of hydrogen-bond acceptors (Lipinski definition) is 5. The Balaban J connectivity index is 1.02. The predicted octanol–water partition coefficient (Wildman–Crippen LogP) is 18.0. The Kier molecular flexibility index (Phi) is 8.41. The van der Waals surface area contributed by atoms with E-state index in [1.54, 1.807) is 0 Å². The molecular weight excluding hydrogens is 879 g/mol. The van der Waals surface area contributed by atoms with E-state index >= 15 is 0 Å². The molecule has 0 aliphatic carbocycles. The summed E-state index contributed by atoms with van der Waals surface area (Å²) in [6, 6.07) is 70.9. The van der Waals surface area contributed by atoms with E-state index < -0.39 is 0 Å². The average molecular weight is 918 g/mol. The van der Waals surface area contributed by atoms with Gasteiger partial charge in [0, 0.05) is 90.6 Å². The van der Waals surface area contributed by atoms with Gasteiger partial charge in [-0.2, -0.15) is 0 Å². The van der Waals surface area contributed by atoms with E-state index in [0.29, 0.717) is 5.84 Å². The zero-order chi connectivity index (χ0) is 45.3. The fraction of sp³-hybridized carbons (Fsp3) is 0.0476. The van der Waals surface area contributed by atoms with Gasteiger partial charge in [0.25, 0.3) is 0 Å². The van der Waals surface area contributed by atoms with E-state index in [9.17, 15) is 0 Å².